The Hall–Kier alpha value is -1.92. The highest BCUT2D eigenvalue weighted by Crippen LogP contribution is 2.19. The molecule has 0 aliphatic heterocycles. The van der Waals surface area contributed by atoms with Crippen molar-refractivity contribution in [2.75, 3.05) is 12.4 Å². The van der Waals surface area contributed by atoms with Crippen LogP contribution in [0.3, 0.4) is 0 Å². The molecule has 5 nitrogen and oxygen atoms in total. The Morgan fingerprint density at radius 1 is 1.43 bits per heavy atom. The van der Waals surface area contributed by atoms with E-state index < -0.39 is 0 Å². The summed E-state index contributed by atoms with van der Waals surface area (Å²) in [7, 11) is 1.63. The number of thiazole rings is 1. The summed E-state index contributed by atoms with van der Waals surface area (Å²) in [6.07, 6.45) is 1.10. The Morgan fingerprint density at radius 2 is 2.14 bits per heavy atom. The highest BCUT2D eigenvalue weighted by atomic mass is 32.1. The first kappa shape index (κ1) is 15.5. The largest absolute Gasteiger partial charge is 0.497 e. The number of methoxy groups -OCH3 is 1. The molecule has 1 amide bonds. The van der Waals surface area contributed by atoms with Gasteiger partial charge in [-0.25, -0.2) is 4.98 Å². The molecule has 0 spiro atoms. The molecule has 0 aliphatic carbocycles. The third-order valence-corrected chi connectivity index (χ3v) is 3.81. The third kappa shape index (κ3) is 4.54. The predicted octanol–water partition coefficient (Wildman–Crippen LogP) is 2.74. The molecule has 3 N–H and O–H groups in total. The molecule has 1 aromatic heterocycles. The maximum Gasteiger partial charge on any atom is 0.226 e. The summed E-state index contributed by atoms with van der Waals surface area (Å²) in [5, 5.41) is 5.26. The Bertz CT molecular complexity index is 593. The molecule has 0 radical (unpaired) electrons. The Kier molecular flexibility index (Phi) is 5.30. The fourth-order valence-electron chi connectivity index (χ4n) is 1.78. The van der Waals surface area contributed by atoms with Gasteiger partial charge in [0.2, 0.25) is 5.91 Å². The number of amides is 1. The minimum atomic E-state index is -0.119. The molecule has 0 fully saturated rings. The second-order valence-electron chi connectivity index (χ2n) is 4.76. The molecule has 1 atom stereocenters. The van der Waals surface area contributed by atoms with E-state index in [1.807, 2.05) is 36.6 Å². The van der Waals surface area contributed by atoms with Crippen molar-refractivity contribution < 1.29 is 9.53 Å². The van der Waals surface area contributed by atoms with Crippen LogP contribution in [0.25, 0.3) is 0 Å². The van der Waals surface area contributed by atoms with E-state index in [4.69, 9.17) is 10.5 Å². The van der Waals surface area contributed by atoms with Gasteiger partial charge in [-0.15, -0.1) is 11.3 Å². The quantitative estimate of drug-likeness (QED) is 0.860. The van der Waals surface area contributed by atoms with Crippen LogP contribution in [-0.4, -0.2) is 18.0 Å². The predicted molar refractivity (Wildman–Crippen MR) is 84.7 cm³/mol. The van der Waals surface area contributed by atoms with Gasteiger partial charge in [-0.2, -0.15) is 0 Å². The van der Waals surface area contributed by atoms with Crippen molar-refractivity contribution in [1.29, 1.82) is 0 Å². The number of ether oxygens (including phenoxy) is 1. The first-order chi connectivity index (χ1) is 10.1. The van der Waals surface area contributed by atoms with Crippen LogP contribution in [0.1, 0.15) is 30.6 Å². The van der Waals surface area contributed by atoms with Gasteiger partial charge in [0.15, 0.2) is 5.13 Å². The minimum Gasteiger partial charge on any atom is -0.497 e. The van der Waals surface area contributed by atoms with Gasteiger partial charge in [0.05, 0.1) is 12.8 Å². The highest BCUT2D eigenvalue weighted by Gasteiger charge is 2.09. The van der Waals surface area contributed by atoms with Gasteiger partial charge in [0.1, 0.15) is 5.75 Å². The van der Waals surface area contributed by atoms with Gasteiger partial charge in [-0.3, -0.25) is 4.79 Å². The van der Waals surface area contributed by atoms with Crippen LogP contribution in [0.4, 0.5) is 5.13 Å². The maximum absolute atomic E-state index is 11.9. The number of aromatic nitrogens is 1. The van der Waals surface area contributed by atoms with Crippen LogP contribution in [0.5, 0.6) is 5.75 Å². The Morgan fingerprint density at radius 3 is 2.71 bits per heavy atom. The lowest BCUT2D eigenvalue weighted by molar-refractivity contribution is -0.116. The Labute approximate surface area is 128 Å². The smallest absolute Gasteiger partial charge is 0.226 e. The lowest BCUT2D eigenvalue weighted by Gasteiger charge is -2.04. The molecule has 0 bridgehead atoms. The number of carbonyl (C=O) groups excluding carboxylic acids is 1. The molecule has 0 aliphatic rings. The molecule has 2 aromatic rings. The van der Waals surface area contributed by atoms with Gasteiger partial charge in [-0.1, -0.05) is 12.1 Å². The average molecular weight is 305 g/mol. The van der Waals surface area contributed by atoms with E-state index in [0.29, 0.717) is 18.0 Å². The number of hydrogen-bond acceptors (Lipinski definition) is 5. The number of aryl methyl sites for hydroxylation is 1. The molecular weight excluding hydrogens is 286 g/mol. The van der Waals surface area contributed by atoms with Crippen molar-refractivity contribution in [3.05, 3.63) is 40.9 Å². The van der Waals surface area contributed by atoms with E-state index in [1.165, 1.54) is 11.3 Å². The third-order valence-electron chi connectivity index (χ3n) is 3.03. The zero-order chi connectivity index (χ0) is 15.2. The maximum atomic E-state index is 11.9. The van der Waals surface area contributed by atoms with Gasteiger partial charge in [-0.05, 0) is 31.0 Å². The molecule has 112 valence electrons. The number of rotatable bonds is 6. The first-order valence-corrected chi connectivity index (χ1v) is 7.60. The van der Waals surface area contributed by atoms with Crippen molar-refractivity contribution in [2.24, 2.45) is 5.73 Å². The molecule has 2 rings (SSSR count). The molecule has 1 aromatic carbocycles. The summed E-state index contributed by atoms with van der Waals surface area (Å²) in [5.74, 6) is 0.769. The summed E-state index contributed by atoms with van der Waals surface area (Å²) >= 11 is 1.39. The van der Waals surface area contributed by atoms with Gasteiger partial charge < -0.3 is 15.8 Å². The summed E-state index contributed by atoms with van der Waals surface area (Å²) in [6.45, 7) is 1.87. The molecule has 1 heterocycles. The van der Waals surface area contributed by atoms with Crippen molar-refractivity contribution >= 4 is 22.4 Å². The lowest BCUT2D eigenvalue weighted by Crippen LogP contribution is -2.12. The standard InChI is InChI=1S/C15H19N3O2S/c1-10(16)13-9-21-15(17-13)18-14(19)8-5-11-3-6-12(20-2)7-4-11/h3-4,6-7,9-10H,5,8,16H2,1-2H3,(H,17,18,19). The summed E-state index contributed by atoms with van der Waals surface area (Å²) in [6, 6.07) is 7.59. The second kappa shape index (κ2) is 7.19. The number of nitrogens with one attached hydrogen (secondary N) is 1. The molecule has 6 heteroatoms. The second-order valence-corrected chi connectivity index (χ2v) is 5.62. The molecular formula is C15H19N3O2S. The van der Waals surface area contributed by atoms with Crippen LogP contribution in [0.15, 0.2) is 29.6 Å². The van der Waals surface area contributed by atoms with Crippen LogP contribution in [0.2, 0.25) is 0 Å². The number of nitrogens with two attached hydrogens (primary N) is 1. The van der Waals surface area contributed by atoms with Crippen molar-refractivity contribution in [3.8, 4) is 5.75 Å². The van der Waals surface area contributed by atoms with E-state index in [-0.39, 0.29) is 11.9 Å². The van der Waals surface area contributed by atoms with Crippen molar-refractivity contribution in [3.63, 3.8) is 0 Å². The number of anilines is 1. The number of carbonyl (C=O) groups is 1. The van der Waals surface area contributed by atoms with Gasteiger partial charge in [0, 0.05) is 17.8 Å². The van der Waals surface area contributed by atoms with E-state index >= 15 is 0 Å². The van der Waals surface area contributed by atoms with Crippen molar-refractivity contribution in [1.82, 2.24) is 4.98 Å². The van der Waals surface area contributed by atoms with E-state index in [9.17, 15) is 4.79 Å². The topological polar surface area (TPSA) is 77.2 Å². The zero-order valence-corrected chi connectivity index (χ0v) is 12.9. The minimum absolute atomic E-state index is 0.0450. The first-order valence-electron chi connectivity index (χ1n) is 6.72. The van der Waals surface area contributed by atoms with Crippen LogP contribution < -0.4 is 15.8 Å². The molecule has 1 unspecified atom stereocenters. The van der Waals surface area contributed by atoms with E-state index in [1.54, 1.807) is 7.11 Å². The van der Waals surface area contributed by atoms with Crippen LogP contribution >= 0.6 is 11.3 Å². The highest BCUT2D eigenvalue weighted by molar-refractivity contribution is 7.13. The Balaban J connectivity index is 1.83. The SMILES string of the molecule is COc1ccc(CCC(=O)Nc2nc(C(C)N)cs2)cc1. The normalized spacial score (nSPS) is 12.0. The lowest BCUT2D eigenvalue weighted by atomic mass is 10.1. The van der Waals surface area contributed by atoms with E-state index in [0.717, 1.165) is 17.0 Å². The molecule has 21 heavy (non-hydrogen) atoms. The van der Waals surface area contributed by atoms with Gasteiger partial charge in [0.25, 0.3) is 0 Å². The average Bonchev–Trinajstić information content (AvgIpc) is 2.94. The van der Waals surface area contributed by atoms with E-state index in [2.05, 4.69) is 10.3 Å². The summed E-state index contributed by atoms with van der Waals surface area (Å²) in [4.78, 5) is 16.2. The number of benzene rings is 1. The molecule has 0 saturated carbocycles. The molecule has 0 saturated heterocycles. The monoisotopic (exact) mass is 305 g/mol. The van der Waals surface area contributed by atoms with Crippen LogP contribution in [-0.2, 0) is 11.2 Å². The zero-order valence-electron chi connectivity index (χ0n) is 12.1. The number of hydrogen-bond donors (Lipinski definition) is 2. The summed E-state index contributed by atoms with van der Waals surface area (Å²) < 4.78 is 5.10. The van der Waals surface area contributed by atoms with Gasteiger partial charge >= 0.3 is 0 Å². The fraction of sp³-hybridized carbons (Fsp3) is 0.333. The van der Waals surface area contributed by atoms with Crippen molar-refractivity contribution in [2.45, 2.75) is 25.8 Å². The summed E-state index contributed by atoms with van der Waals surface area (Å²) in [5.41, 5.74) is 7.63. The number of nitrogens with zero attached hydrogens (tertiary/aromatic N) is 1. The van der Waals surface area contributed by atoms with Crippen LogP contribution in [0, 0.1) is 0 Å². The fourth-order valence-corrected chi connectivity index (χ4v) is 2.62.